The van der Waals surface area contributed by atoms with Crippen molar-refractivity contribution in [2.75, 3.05) is 37.8 Å². The molecule has 12 N–H and O–H groups in total. The van der Waals surface area contributed by atoms with Crippen molar-refractivity contribution in [1.82, 2.24) is 30.2 Å². The summed E-state index contributed by atoms with van der Waals surface area (Å²) in [5.41, 5.74) is 4.30. The van der Waals surface area contributed by atoms with Crippen molar-refractivity contribution in [2.24, 2.45) is 5.41 Å². The molecule has 2 aromatic rings. The number of hydrogen-bond acceptors (Lipinski definition) is 19. The Bertz CT molecular complexity index is 1830. The summed E-state index contributed by atoms with van der Waals surface area (Å²) in [5, 5.41) is 42.2. The highest BCUT2D eigenvalue weighted by Crippen LogP contribution is 2.61. The van der Waals surface area contributed by atoms with Gasteiger partial charge in [0, 0.05) is 43.5 Å². The number of carbonyl (C=O) groups is 4. The van der Waals surface area contributed by atoms with Gasteiger partial charge < -0.3 is 61.1 Å². The van der Waals surface area contributed by atoms with Crippen LogP contribution in [0.1, 0.15) is 45.8 Å². The first-order chi connectivity index (χ1) is 26.3. The molecular formula is C26H44N7O20P3S. The van der Waals surface area contributed by atoms with Crippen molar-refractivity contribution in [3.63, 3.8) is 0 Å². The van der Waals surface area contributed by atoms with Gasteiger partial charge in [0.2, 0.25) is 11.8 Å². The summed E-state index contributed by atoms with van der Waals surface area (Å²) in [6.07, 6.45) is -6.65. The van der Waals surface area contributed by atoms with E-state index in [0.29, 0.717) is 12.3 Å². The molecule has 2 unspecified atom stereocenters. The lowest BCUT2D eigenvalue weighted by Crippen LogP contribution is -2.46. The highest BCUT2D eigenvalue weighted by molar-refractivity contribution is 7.80. The molecule has 0 bridgehead atoms. The number of fused-ring (bicyclic) bond motifs is 1. The largest absolute Gasteiger partial charge is 0.481 e. The minimum Gasteiger partial charge on any atom is -0.481 e. The van der Waals surface area contributed by atoms with E-state index in [4.69, 9.17) is 29.7 Å². The smallest absolute Gasteiger partial charge is 0.481 e. The fraction of sp³-hybridized carbons (Fsp3) is 0.654. The van der Waals surface area contributed by atoms with Gasteiger partial charge in [0.15, 0.2) is 17.7 Å². The number of aliphatic hydroxyl groups is 2. The lowest BCUT2D eigenvalue weighted by Gasteiger charge is -2.30. The maximum atomic E-state index is 12.6. The molecule has 3 heterocycles. The number of nitrogens with two attached hydrogens (primary N) is 1. The Morgan fingerprint density at radius 3 is 2.18 bits per heavy atom. The number of carbonyl (C=O) groups excluding carboxylic acids is 2. The van der Waals surface area contributed by atoms with Crippen molar-refractivity contribution in [2.45, 2.75) is 70.2 Å². The maximum absolute atomic E-state index is 12.6. The Hall–Kier alpha value is -3.17. The number of phosphoric ester groups is 3. The zero-order valence-electron chi connectivity index (χ0n) is 30.0. The molecule has 1 fully saturated rings. The number of nitrogens with zero attached hydrogens (tertiary/aromatic N) is 4. The van der Waals surface area contributed by atoms with Gasteiger partial charge in [-0.05, 0) is 6.42 Å². The summed E-state index contributed by atoms with van der Waals surface area (Å²) in [4.78, 5) is 94.2. The zero-order valence-corrected chi connectivity index (χ0v) is 33.6. The molecule has 27 nitrogen and oxygen atoms in total. The Morgan fingerprint density at radius 2 is 1.60 bits per heavy atom. The molecule has 2 amide bonds. The number of hydrogen-bond donors (Lipinski definition) is 12. The van der Waals surface area contributed by atoms with Gasteiger partial charge in [0.1, 0.15) is 36.3 Å². The van der Waals surface area contributed by atoms with Crippen molar-refractivity contribution in [3.05, 3.63) is 12.7 Å². The summed E-state index contributed by atoms with van der Waals surface area (Å²) in [7, 11) is -16.3. The van der Waals surface area contributed by atoms with Crippen LogP contribution in [0.15, 0.2) is 12.7 Å². The lowest BCUT2D eigenvalue weighted by molar-refractivity contribution is -0.139. The Labute approximate surface area is 328 Å². The van der Waals surface area contributed by atoms with E-state index >= 15 is 0 Å². The predicted octanol–water partition coefficient (Wildman–Crippen LogP) is -1.34. The molecule has 31 heteroatoms. The fourth-order valence-electron chi connectivity index (χ4n) is 4.53. The number of anilines is 1. The van der Waals surface area contributed by atoms with Gasteiger partial charge in [-0.25, -0.2) is 28.6 Å². The minimum absolute atomic E-state index is 0.0363. The Balaban J connectivity index is 0.00000111. The number of imidazole rings is 1. The van der Waals surface area contributed by atoms with E-state index in [2.05, 4.69) is 47.0 Å². The highest BCUT2D eigenvalue weighted by atomic mass is 32.1. The molecule has 7 atom stereocenters. The van der Waals surface area contributed by atoms with Crippen LogP contribution in [0.3, 0.4) is 0 Å². The second-order valence-corrected chi connectivity index (χ2v) is 17.1. The molecule has 0 aliphatic carbocycles. The van der Waals surface area contributed by atoms with Crippen LogP contribution in [0, 0.1) is 5.41 Å². The lowest BCUT2D eigenvalue weighted by atomic mass is 9.87. The quantitative estimate of drug-likeness (QED) is 0.0480. The van der Waals surface area contributed by atoms with Crippen molar-refractivity contribution >= 4 is 76.8 Å². The van der Waals surface area contributed by atoms with Gasteiger partial charge in [0.05, 0.1) is 19.5 Å². The number of nitrogens with one attached hydrogen (secondary N) is 2. The molecule has 0 saturated carbocycles. The Morgan fingerprint density at radius 1 is 0.982 bits per heavy atom. The first-order valence-corrected chi connectivity index (χ1v) is 21.4. The summed E-state index contributed by atoms with van der Waals surface area (Å²) in [6, 6.07) is 0. The topological polar surface area (TPSA) is 421 Å². The van der Waals surface area contributed by atoms with E-state index in [9.17, 15) is 62.7 Å². The van der Waals surface area contributed by atoms with E-state index < -0.39 is 90.6 Å². The predicted molar refractivity (Wildman–Crippen MR) is 193 cm³/mol. The molecule has 3 rings (SSSR count). The molecule has 1 aliphatic heterocycles. The molecule has 1 saturated heterocycles. The molecule has 57 heavy (non-hydrogen) atoms. The summed E-state index contributed by atoms with van der Waals surface area (Å²) in [5.74, 6) is -2.84. The standard InChI is InChI=1S/C21H36N7O16P3S.C5H8O4/c1-21(2,16(31)19(32)24-4-3-12(29)23-5-6-48)8-41-47(38,39)44-46(36,37)40-7-11-15(43-45(33,34)35)14(30)20(42-11)28-10-27-13-17(22)25-9-26-18(13)28;6-4(7)2-1-3-5(8)9/h9-11,14-16,20,30-31,48H,3-8H2,1-2H3,(H,23,29)(H,24,32)(H,36,37)(H,38,39)(H2,22,25,26)(H2,33,34,35);1-3H2,(H,6,7)(H,8,9)/t11-,14-,15-,16+,20-;/m1./s1. The number of aromatic nitrogens is 4. The van der Waals surface area contributed by atoms with Crippen LogP contribution in [-0.2, 0) is 55.5 Å². The van der Waals surface area contributed by atoms with E-state index in [1.54, 1.807) is 0 Å². The summed E-state index contributed by atoms with van der Waals surface area (Å²) >= 11 is 3.95. The Kier molecular flexibility index (Phi) is 19.0. The number of thiol groups is 1. The van der Waals surface area contributed by atoms with Crippen molar-refractivity contribution in [1.29, 1.82) is 0 Å². The molecular weight excluding hydrogens is 855 g/mol. The molecule has 0 spiro atoms. The number of carboxylic acids is 2. The maximum Gasteiger partial charge on any atom is 0.481 e. The third kappa shape index (κ3) is 16.9. The van der Waals surface area contributed by atoms with Gasteiger partial charge in [0.25, 0.3) is 0 Å². The molecule has 1 aliphatic rings. The van der Waals surface area contributed by atoms with Crippen LogP contribution < -0.4 is 16.4 Å². The average molecular weight is 900 g/mol. The van der Waals surface area contributed by atoms with Crippen LogP contribution in [-0.4, -0.2) is 140 Å². The number of carboxylic acid groups (broad SMARTS) is 2. The van der Waals surface area contributed by atoms with E-state index in [1.807, 2.05) is 0 Å². The SMILES string of the molecule is CC(C)(COP(=O)(O)OP(=O)(O)OC[C@H]1O[C@@H](n2cnc3c(N)ncnc32)[C@H](O)[C@@H]1OP(=O)(O)O)[C@@H](O)C(=O)NCCC(=O)NCCS.O=C(O)CCCC(=O)O. The molecule has 0 aromatic carbocycles. The second kappa shape index (κ2) is 21.7. The van der Waals surface area contributed by atoms with E-state index in [-0.39, 0.29) is 55.1 Å². The minimum atomic E-state index is -5.54. The fourth-order valence-corrected chi connectivity index (χ4v) is 7.47. The molecule has 0 radical (unpaired) electrons. The van der Waals surface area contributed by atoms with Crippen molar-refractivity contribution < 1.29 is 95.5 Å². The number of aliphatic hydroxyl groups excluding tert-OH is 2. The number of phosphoric acid groups is 3. The number of ether oxygens (including phenoxy) is 1. The van der Waals surface area contributed by atoms with Gasteiger partial charge >= 0.3 is 35.4 Å². The van der Waals surface area contributed by atoms with Gasteiger partial charge in [-0.2, -0.15) is 16.9 Å². The number of amides is 2. The number of rotatable bonds is 22. The van der Waals surface area contributed by atoms with Crippen LogP contribution in [0.2, 0.25) is 0 Å². The zero-order chi connectivity index (χ0) is 43.4. The van der Waals surface area contributed by atoms with Crippen LogP contribution in [0.5, 0.6) is 0 Å². The van der Waals surface area contributed by atoms with Gasteiger partial charge in [-0.1, -0.05) is 13.8 Å². The third-order valence-corrected chi connectivity index (χ3v) is 10.6. The van der Waals surface area contributed by atoms with Crippen LogP contribution >= 0.6 is 36.1 Å². The van der Waals surface area contributed by atoms with Crippen LogP contribution in [0.4, 0.5) is 5.82 Å². The second-order valence-electron chi connectivity index (χ2n) is 12.4. The average Bonchev–Trinajstić information content (AvgIpc) is 3.65. The summed E-state index contributed by atoms with van der Waals surface area (Å²) < 4.78 is 61.7. The van der Waals surface area contributed by atoms with Gasteiger partial charge in [-0.15, -0.1) is 0 Å². The van der Waals surface area contributed by atoms with E-state index in [1.165, 1.54) is 13.8 Å². The normalized spacial score (nSPS) is 21.1. The van der Waals surface area contributed by atoms with E-state index in [0.717, 1.165) is 17.2 Å². The highest BCUT2D eigenvalue weighted by Gasteiger charge is 2.50. The first-order valence-electron chi connectivity index (χ1n) is 16.2. The monoisotopic (exact) mass is 899 g/mol. The molecule has 324 valence electrons. The first kappa shape index (κ1) is 50.0. The number of aliphatic carboxylic acids is 2. The van der Waals surface area contributed by atoms with Crippen LogP contribution in [0.25, 0.3) is 11.2 Å². The van der Waals surface area contributed by atoms with Gasteiger partial charge in [-0.3, -0.25) is 37.3 Å². The third-order valence-electron chi connectivity index (χ3n) is 7.29. The number of nitrogen functional groups attached to an aromatic ring is 1. The summed E-state index contributed by atoms with van der Waals surface area (Å²) in [6.45, 7) is 0.723. The molecule has 2 aromatic heterocycles. The van der Waals surface area contributed by atoms with Crippen molar-refractivity contribution in [3.8, 4) is 0 Å².